The Morgan fingerprint density at radius 1 is 1.46 bits per heavy atom. The molecule has 1 unspecified atom stereocenters. The number of amides is 1. The molecule has 26 heavy (non-hydrogen) atoms. The third-order valence-electron chi connectivity index (χ3n) is 4.39. The molecular weight excluding hydrogens is 350 g/mol. The molecule has 1 atom stereocenters. The standard InChI is InChI=1S/C18H21N5O2S/c1-13-4-5-17(26-13)15-10-16(21-20-15)18(24)22-7-3-9-25-14(11-22)12-23-8-2-6-19-23/h2,4-6,8,10,14H,3,7,9,11-12H2,1H3,(H,20,21). The number of carbonyl (C=O) groups is 1. The smallest absolute Gasteiger partial charge is 0.274 e. The quantitative estimate of drug-likeness (QED) is 0.765. The van der Waals surface area contributed by atoms with Crippen molar-refractivity contribution >= 4 is 17.2 Å². The lowest BCUT2D eigenvalue weighted by Gasteiger charge is -2.23. The van der Waals surface area contributed by atoms with Gasteiger partial charge in [0.1, 0.15) is 0 Å². The highest BCUT2D eigenvalue weighted by molar-refractivity contribution is 7.15. The van der Waals surface area contributed by atoms with Gasteiger partial charge in [-0.3, -0.25) is 14.6 Å². The van der Waals surface area contributed by atoms with Gasteiger partial charge in [-0.15, -0.1) is 11.3 Å². The molecule has 4 rings (SSSR count). The number of ether oxygens (including phenoxy) is 1. The second-order valence-electron chi connectivity index (χ2n) is 6.40. The van der Waals surface area contributed by atoms with Crippen LogP contribution in [0.2, 0.25) is 0 Å². The second-order valence-corrected chi connectivity index (χ2v) is 7.69. The number of nitrogens with zero attached hydrogens (tertiary/aromatic N) is 4. The minimum atomic E-state index is -0.0697. The number of aryl methyl sites for hydroxylation is 1. The largest absolute Gasteiger partial charge is 0.374 e. The molecule has 0 radical (unpaired) electrons. The number of hydrogen-bond acceptors (Lipinski definition) is 5. The molecule has 1 amide bonds. The maximum atomic E-state index is 12.9. The molecule has 0 aromatic carbocycles. The SMILES string of the molecule is Cc1ccc(-c2cc(C(=O)N3CCCOC(Cn4cccn4)C3)n[nH]2)s1. The van der Waals surface area contributed by atoms with Crippen molar-refractivity contribution in [2.75, 3.05) is 19.7 Å². The van der Waals surface area contributed by atoms with Crippen LogP contribution >= 0.6 is 11.3 Å². The molecule has 3 aromatic rings. The fourth-order valence-corrected chi connectivity index (χ4v) is 3.94. The molecule has 1 aliphatic heterocycles. The summed E-state index contributed by atoms with van der Waals surface area (Å²) in [5.74, 6) is -0.0586. The van der Waals surface area contributed by atoms with E-state index in [2.05, 4.69) is 28.3 Å². The Labute approximate surface area is 155 Å². The Hall–Kier alpha value is -2.45. The number of H-pyrrole nitrogens is 1. The molecule has 1 N–H and O–H groups in total. The molecule has 136 valence electrons. The monoisotopic (exact) mass is 371 g/mol. The number of carbonyl (C=O) groups excluding carboxylic acids is 1. The van der Waals surface area contributed by atoms with E-state index < -0.39 is 0 Å². The van der Waals surface area contributed by atoms with Crippen molar-refractivity contribution in [3.63, 3.8) is 0 Å². The van der Waals surface area contributed by atoms with Crippen molar-refractivity contribution in [1.82, 2.24) is 24.9 Å². The molecule has 1 aliphatic rings. The van der Waals surface area contributed by atoms with E-state index >= 15 is 0 Å². The molecular formula is C18H21N5O2S. The molecule has 1 fully saturated rings. The lowest BCUT2D eigenvalue weighted by Crippen LogP contribution is -2.38. The van der Waals surface area contributed by atoms with Crippen LogP contribution in [-0.4, -0.2) is 56.6 Å². The second kappa shape index (κ2) is 7.43. The molecule has 0 spiro atoms. The van der Waals surface area contributed by atoms with Crippen molar-refractivity contribution in [1.29, 1.82) is 0 Å². The number of nitrogens with one attached hydrogen (secondary N) is 1. The zero-order valence-electron chi connectivity index (χ0n) is 14.6. The van der Waals surface area contributed by atoms with E-state index in [1.165, 1.54) is 4.88 Å². The van der Waals surface area contributed by atoms with E-state index in [9.17, 15) is 4.79 Å². The maximum Gasteiger partial charge on any atom is 0.274 e. The molecule has 8 heteroatoms. The van der Waals surface area contributed by atoms with Gasteiger partial charge in [-0.1, -0.05) is 0 Å². The van der Waals surface area contributed by atoms with Gasteiger partial charge in [0.25, 0.3) is 5.91 Å². The van der Waals surface area contributed by atoms with E-state index in [1.807, 2.05) is 34.0 Å². The van der Waals surface area contributed by atoms with Gasteiger partial charge in [-0.25, -0.2) is 0 Å². The van der Waals surface area contributed by atoms with Crippen LogP contribution in [-0.2, 0) is 11.3 Å². The summed E-state index contributed by atoms with van der Waals surface area (Å²) in [6.45, 7) is 4.56. The first-order chi connectivity index (χ1) is 12.7. The highest BCUT2D eigenvalue weighted by Crippen LogP contribution is 2.26. The predicted molar refractivity (Wildman–Crippen MR) is 99.1 cm³/mol. The lowest BCUT2D eigenvalue weighted by molar-refractivity contribution is 0.0365. The minimum Gasteiger partial charge on any atom is -0.374 e. The molecule has 7 nitrogen and oxygen atoms in total. The number of thiophene rings is 1. The van der Waals surface area contributed by atoms with Crippen LogP contribution < -0.4 is 0 Å². The summed E-state index contributed by atoms with van der Waals surface area (Å²) in [4.78, 5) is 17.1. The first-order valence-corrected chi connectivity index (χ1v) is 9.51. The summed E-state index contributed by atoms with van der Waals surface area (Å²) < 4.78 is 7.73. The summed E-state index contributed by atoms with van der Waals surface area (Å²) in [5, 5.41) is 11.5. The van der Waals surface area contributed by atoms with Crippen LogP contribution in [0.15, 0.2) is 36.7 Å². The van der Waals surface area contributed by atoms with E-state index in [0.717, 1.165) is 17.0 Å². The molecule has 0 bridgehead atoms. The van der Waals surface area contributed by atoms with Crippen LogP contribution in [0.5, 0.6) is 0 Å². The van der Waals surface area contributed by atoms with Gasteiger partial charge in [0.05, 0.1) is 23.2 Å². The summed E-state index contributed by atoms with van der Waals surface area (Å²) in [7, 11) is 0. The van der Waals surface area contributed by atoms with Gasteiger partial charge in [-0.2, -0.15) is 10.2 Å². The Kier molecular flexibility index (Phi) is 4.85. The summed E-state index contributed by atoms with van der Waals surface area (Å²) in [6, 6.07) is 7.83. The van der Waals surface area contributed by atoms with E-state index in [1.54, 1.807) is 17.5 Å². The van der Waals surface area contributed by atoms with Crippen LogP contribution in [0.3, 0.4) is 0 Å². The first-order valence-electron chi connectivity index (χ1n) is 8.69. The normalized spacial score (nSPS) is 18.0. The fourth-order valence-electron chi connectivity index (χ4n) is 3.11. The average Bonchev–Trinajstić information content (AvgIpc) is 3.35. The molecule has 0 saturated carbocycles. The van der Waals surface area contributed by atoms with Crippen LogP contribution in [0, 0.1) is 6.92 Å². The zero-order valence-corrected chi connectivity index (χ0v) is 15.4. The van der Waals surface area contributed by atoms with Crippen molar-refractivity contribution in [2.45, 2.75) is 26.0 Å². The highest BCUT2D eigenvalue weighted by atomic mass is 32.1. The van der Waals surface area contributed by atoms with Gasteiger partial charge in [-0.05, 0) is 37.6 Å². The first kappa shape index (κ1) is 17.0. The topological polar surface area (TPSA) is 76.0 Å². The van der Waals surface area contributed by atoms with Crippen LogP contribution in [0.4, 0.5) is 0 Å². The summed E-state index contributed by atoms with van der Waals surface area (Å²) in [6.07, 6.45) is 4.41. The molecule has 1 saturated heterocycles. The van der Waals surface area contributed by atoms with Gasteiger partial charge in [0.2, 0.25) is 0 Å². The summed E-state index contributed by atoms with van der Waals surface area (Å²) in [5.41, 5.74) is 1.33. The Bertz CT molecular complexity index is 870. The molecule has 0 aliphatic carbocycles. The lowest BCUT2D eigenvalue weighted by atomic mass is 10.2. The zero-order chi connectivity index (χ0) is 17.9. The number of aromatic amines is 1. The van der Waals surface area contributed by atoms with E-state index in [0.29, 0.717) is 31.9 Å². The van der Waals surface area contributed by atoms with Crippen LogP contribution in [0.1, 0.15) is 21.8 Å². The van der Waals surface area contributed by atoms with Gasteiger partial charge < -0.3 is 9.64 Å². The fraction of sp³-hybridized carbons (Fsp3) is 0.389. The van der Waals surface area contributed by atoms with Crippen molar-refractivity contribution in [3.8, 4) is 10.6 Å². The van der Waals surface area contributed by atoms with Gasteiger partial charge >= 0.3 is 0 Å². The number of hydrogen-bond donors (Lipinski definition) is 1. The Morgan fingerprint density at radius 2 is 2.38 bits per heavy atom. The number of rotatable bonds is 4. The predicted octanol–water partition coefficient (Wildman–Crippen LogP) is 2.57. The Morgan fingerprint density at radius 3 is 3.15 bits per heavy atom. The highest BCUT2D eigenvalue weighted by Gasteiger charge is 2.25. The maximum absolute atomic E-state index is 12.9. The van der Waals surface area contributed by atoms with Gasteiger partial charge in [0.15, 0.2) is 5.69 Å². The molecule has 4 heterocycles. The molecule has 3 aromatic heterocycles. The van der Waals surface area contributed by atoms with Crippen molar-refractivity contribution < 1.29 is 9.53 Å². The minimum absolute atomic E-state index is 0.0586. The van der Waals surface area contributed by atoms with Gasteiger partial charge in [0, 0.05) is 37.0 Å². The van der Waals surface area contributed by atoms with Crippen LogP contribution in [0.25, 0.3) is 10.6 Å². The van der Waals surface area contributed by atoms with E-state index in [4.69, 9.17) is 4.74 Å². The van der Waals surface area contributed by atoms with Crippen molar-refractivity contribution in [2.24, 2.45) is 0 Å². The number of aromatic nitrogens is 4. The third-order valence-corrected chi connectivity index (χ3v) is 5.42. The van der Waals surface area contributed by atoms with Crippen molar-refractivity contribution in [3.05, 3.63) is 47.2 Å². The summed E-state index contributed by atoms with van der Waals surface area (Å²) >= 11 is 1.68. The average molecular weight is 371 g/mol. The Balaban J connectivity index is 1.47. The third kappa shape index (κ3) is 3.71. The van der Waals surface area contributed by atoms with E-state index in [-0.39, 0.29) is 12.0 Å².